The Balaban J connectivity index is 3.40. The van der Waals surface area contributed by atoms with E-state index in [9.17, 15) is 9.46 Å². The Morgan fingerprint density at radius 3 is 1.69 bits per heavy atom. The fourth-order valence-electron chi connectivity index (χ4n) is 3.31. The van der Waals surface area contributed by atoms with Gasteiger partial charge < -0.3 is 23.2 Å². The van der Waals surface area contributed by atoms with Crippen LogP contribution in [0.1, 0.15) is 96.8 Å². The maximum Gasteiger partial charge on any atom is 0.268 e. The van der Waals surface area contributed by atoms with Gasteiger partial charge in [-0.25, -0.2) is 0 Å². The molecule has 0 aliphatic heterocycles. The number of unbranched alkanes of at least 4 members (excludes halogenated alkanes) is 13. The third-order valence-corrected chi connectivity index (χ3v) is 6.65. The number of nitrogens with zero attached hydrogens (tertiary/aromatic N) is 1. The van der Waals surface area contributed by atoms with Crippen LogP contribution in [0.15, 0.2) is 0 Å². The Morgan fingerprint density at radius 2 is 1.22 bits per heavy atom. The van der Waals surface area contributed by atoms with Gasteiger partial charge in [0.2, 0.25) is 0 Å². The number of likely N-dealkylation sites (N-methyl/N-ethyl adjacent to an activating group) is 1. The second-order valence-electron chi connectivity index (χ2n) is 9.92. The van der Waals surface area contributed by atoms with E-state index in [2.05, 4.69) is 19.6 Å². The van der Waals surface area contributed by atoms with Crippen LogP contribution in [0.4, 0.5) is 0 Å². The van der Waals surface area contributed by atoms with E-state index in [-0.39, 0.29) is 18.5 Å². The zero-order valence-electron chi connectivity index (χ0n) is 21.4. The topological polar surface area (TPSA) is 67.8 Å². The van der Waals surface area contributed by atoms with E-state index in [1.165, 1.54) is 83.5 Å². The highest BCUT2D eigenvalue weighted by molar-refractivity contribution is 7.81. The van der Waals surface area contributed by atoms with E-state index in [1.54, 1.807) is 0 Å². The van der Waals surface area contributed by atoms with Gasteiger partial charge in [-0.1, -0.05) is 90.4 Å². The molecule has 0 spiro atoms. The molecule has 0 amide bonds. The smallest absolute Gasteiger partial charge is 0.268 e. The summed E-state index contributed by atoms with van der Waals surface area (Å²) < 4.78 is 27.8. The maximum atomic E-state index is 11.7. The first kappa shape index (κ1) is 32.4. The highest BCUT2D eigenvalue weighted by Crippen LogP contribution is 2.38. The predicted octanol–water partition coefficient (Wildman–Crippen LogP) is 5.99. The van der Waals surface area contributed by atoms with Crippen molar-refractivity contribution in [2.24, 2.45) is 0 Å². The SMILES string of the molecule is CCCCCCCCCCCCCCCCOC[C@H](S)COP(=O)([O-])OCC[N+](C)(C)C. The summed E-state index contributed by atoms with van der Waals surface area (Å²) >= 11 is 4.34. The first-order valence-corrected chi connectivity index (χ1v) is 14.8. The molecule has 0 aliphatic carbocycles. The van der Waals surface area contributed by atoms with Crippen molar-refractivity contribution < 1.29 is 27.7 Å². The Morgan fingerprint density at radius 1 is 0.750 bits per heavy atom. The summed E-state index contributed by atoms with van der Waals surface area (Å²) in [7, 11) is 1.64. The van der Waals surface area contributed by atoms with Gasteiger partial charge in [0.25, 0.3) is 7.82 Å². The average molecular weight is 498 g/mol. The largest absolute Gasteiger partial charge is 0.756 e. The lowest BCUT2D eigenvalue weighted by Crippen LogP contribution is -2.37. The van der Waals surface area contributed by atoms with E-state index >= 15 is 0 Å². The summed E-state index contributed by atoms with van der Waals surface area (Å²) in [5.41, 5.74) is 0. The summed E-state index contributed by atoms with van der Waals surface area (Å²) in [5.74, 6) is 0. The van der Waals surface area contributed by atoms with Gasteiger partial charge in [-0.2, -0.15) is 12.6 Å². The molecule has 8 heteroatoms. The van der Waals surface area contributed by atoms with Crippen molar-refractivity contribution in [1.82, 2.24) is 0 Å². The van der Waals surface area contributed by atoms with Crippen molar-refractivity contribution in [3.63, 3.8) is 0 Å². The van der Waals surface area contributed by atoms with Gasteiger partial charge in [-0.05, 0) is 6.42 Å². The monoisotopic (exact) mass is 497 g/mol. The Bertz CT molecular complexity index is 462. The minimum Gasteiger partial charge on any atom is -0.756 e. The summed E-state index contributed by atoms with van der Waals surface area (Å²) in [6.07, 6.45) is 18.7. The Kier molecular flexibility index (Phi) is 21.0. The number of hydrogen-bond donors (Lipinski definition) is 1. The van der Waals surface area contributed by atoms with Gasteiger partial charge >= 0.3 is 0 Å². The first-order valence-electron chi connectivity index (χ1n) is 12.8. The van der Waals surface area contributed by atoms with Gasteiger partial charge in [0.05, 0.1) is 34.4 Å². The molecule has 0 heterocycles. The predicted molar refractivity (Wildman–Crippen MR) is 136 cm³/mol. The van der Waals surface area contributed by atoms with Gasteiger partial charge in [0.1, 0.15) is 13.2 Å². The second kappa shape index (κ2) is 20.7. The van der Waals surface area contributed by atoms with Crippen LogP contribution in [-0.4, -0.2) is 63.8 Å². The number of rotatable bonds is 24. The molecule has 0 radical (unpaired) electrons. The number of thiol groups is 1. The van der Waals surface area contributed by atoms with Crippen LogP contribution in [0.5, 0.6) is 0 Å². The van der Waals surface area contributed by atoms with Crippen LogP contribution in [-0.2, 0) is 18.3 Å². The van der Waals surface area contributed by atoms with E-state index in [0.717, 1.165) is 6.42 Å². The zero-order valence-corrected chi connectivity index (χ0v) is 23.2. The van der Waals surface area contributed by atoms with Gasteiger partial charge in [-0.15, -0.1) is 0 Å². The van der Waals surface area contributed by atoms with Crippen molar-refractivity contribution in [3.05, 3.63) is 0 Å². The van der Waals surface area contributed by atoms with E-state index in [1.807, 2.05) is 21.1 Å². The number of hydrogen-bond acceptors (Lipinski definition) is 6. The molecule has 32 heavy (non-hydrogen) atoms. The Hall–Kier alpha value is 0.380. The third-order valence-electron chi connectivity index (χ3n) is 5.39. The molecule has 6 nitrogen and oxygen atoms in total. The molecule has 0 saturated heterocycles. The molecule has 0 saturated carbocycles. The summed E-state index contributed by atoms with van der Waals surface area (Å²) in [6, 6.07) is 0. The molecular formula is C24H52NO5PS. The lowest BCUT2D eigenvalue weighted by molar-refractivity contribution is -0.870. The minimum atomic E-state index is -4.27. The number of quaternary nitrogens is 1. The molecular weight excluding hydrogens is 445 g/mol. The van der Waals surface area contributed by atoms with Crippen LogP contribution in [0.25, 0.3) is 0 Å². The van der Waals surface area contributed by atoms with Crippen LogP contribution in [0.2, 0.25) is 0 Å². The lowest BCUT2D eigenvalue weighted by atomic mass is 10.0. The molecule has 0 N–H and O–H groups in total. The maximum absolute atomic E-state index is 11.7. The first-order chi connectivity index (χ1) is 15.2. The van der Waals surface area contributed by atoms with Crippen molar-refractivity contribution in [2.45, 2.75) is 102 Å². The standard InChI is InChI=1S/C24H52NO5PS/c1-5-6-7-8-9-10-11-12-13-14-15-16-17-18-20-28-22-24(32)23-30-31(26,27)29-21-19-25(2,3)4/h24H,5-23H2,1-4H3,(H-,26,27,32)/t24-/m0/s1. The second-order valence-corrected chi connectivity index (χ2v) is 12.1. The summed E-state index contributed by atoms with van der Waals surface area (Å²) in [6.45, 7) is 3.99. The van der Waals surface area contributed by atoms with E-state index in [4.69, 9.17) is 13.8 Å². The van der Waals surface area contributed by atoms with Crippen LogP contribution in [0.3, 0.4) is 0 Å². The van der Waals surface area contributed by atoms with Crippen LogP contribution < -0.4 is 4.89 Å². The number of ether oxygens (including phenoxy) is 1. The molecule has 0 fully saturated rings. The average Bonchev–Trinajstić information content (AvgIpc) is 2.71. The summed E-state index contributed by atoms with van der Waals surface area (Å²) in [4.78, 5) is 11.7. The molecule has 0 aromatic carbocycles. The highest BCUT2D eigenvalue weighted by atomic mass is 32.1. The van der Waals surface area contributed by atoms with Crippen LogP contribution in [0, 0.1) is 0 Å². The number of phosphoric acid groups is 1. The molecule has 0 aromatic heterocycles. The molecule has 2 atom stereocenters. The lowest BCUT2D eigenvalue weighted by Gasteiger charge is -2.27. The normalized spacial score (nSPS) is 15.1. The summed E-state index contributed by atoms with van der Waals surface area (Å²) in [5, 5.41) is -0.286. The van der Waals surface area contributed by atoms with Gasteiger partial charge in [-0.3, -0.25) is 4.57 Å². The molecule has 0 rings (SSSR count). The highest BCUT2D eigenvalue weighted by Gasteiger charge is 2.15. The van der Waals surface area contributed by atoms with E-state index in [0.29, 0.717) is 24.2 Å². The fourth-order valence-corrected chi connectivity index (χ4v) is 4.35. The molecule has 1 unspecified atom stereocenters. The van der Waals surface area contributed by atoms with Crippen molar-refractivity contribution >= 4 is 20.5 Å². The van der Waals surface area contributed by atoms with Crippen LogP contribution >= 0.6 is 20.5 Å². The van der Waals surface area contributed by atoms with Gasteiger partial charge in [0.15, 0.2) is 0 Å². The van der Waals surface area contributed by atoms with Crippen molar-refractivity contribution in [1.29, 1.82) is 0 Å². The van der Waals surface area contributed by atoms with Crippen molar-refractivity contribution in [3.8, 4) is 0 Å². The van der Waals surface area contributed by atoms with Crippen molar-refractivity contribution in [2.75, 3.05) is 54.1 Å². The van der Waals surface area contributed by atoms with Gasteiger partial charge in [0, 0.05) is 11.9 Å². The fraction of sp³-hybridized carbons (Fsp3) is 1.00. The Labute approximate surface area is 204 Å². The number of phosphoric ester groups is 1. The van der Waals surface area contributed by atoms with E-state index < -0.39 is 7.82 Å². The third kappa shape index (κ3) is 25.0. The zero-order chi connectivity index (χ0) is 24.1. The molecule has 194 valence electrons. The quantitative estimate of drug-likeness (QED) is 0.0768. The molecule has 0 aromatic rings. The minimum absolute atomic E-state index is 0.0347. The molecule has 0 bridgehead atoms. The molecule has 0 aliphatic rings.